The zero-order chi connectivity index (χ0) is 31.2. The normalized spacial score (nSPS) is 16.1. The lowest BCUT2D eigenvalue weighted by Gasteiger charge is -2.25. The Morgan fingerprint density at radius 1 is 0.930 bits per heavy atom. The molecule has 1 aliphatic rings. The van der Waals surface area contributed by atoms with Crippen LogP contribution in [0.1, 0.15) is 113 Å². The monoisotopic (exact) mass is 635 g/mol. The van der Waals surface area contributed by atoms with Crippen LogP contribution in [0, 0.1) is 5.82 Å². The van der Waals surface area contributed by atoms with Gasteiger partial charge >= 0.3 is 0 Å². The maximum Gasteiger partial charge on any atom is 0.254 e. The summed E-state index contributed by atoms with van der Waals surface area (Å²) < 4.78 is 41.1. The summed E-state index contributed by atoms with van der Waals surface area (Å²) in [6.07, 6.45) is 17.1. The minimum atomic E-state index is -4.08. The van der Waals surface area contributed by atoms with Crippen LogP contribution < -0.4 is 16.0 Å². The third-order valence-electron chi connectivity index (χ3n) is 7.97. The molecule has 10 heteroatoms. The van der Waals surface area contributed by atoms with E-state index in [4.69, 9.17) is 17.3 Å². The third-order valence-corrected chi connectivity index (χ3v) is 10.0. The van der Waals surface area contributed by atoms with Gasteiger partial charge in [-0.25, -0.2) is 12.8 Å². The van der Waals surface area contributed by atoms with Gasteiger partial charge in [0.05, 0.1) is 34.5 Å². The molecular weight excluding hydrogens is 589 g/mol. The highest BCUT2D eigenvalue weighted by Crippen LogP contribution is 2.34. The van der Waals surface area contributed by atoms with E-state index in [1.807, 2.05) is 0 Å². The molecular formula is C33H47ClFN3O4S. The van der Waals surface area contributed by atoms with Crippen molar-refractivity contribution in [3.8, 4) is 0 Å². The molecule has 0 fully saturated rings. The zero-order valence-electron chi connectivity index (χ0n) is 25.4. The lowest BCUT2D eigenvalue weighted by Crippen LogP contribution is -2.45. The molecule has 1 aliphatic heterocycles. The molecule has 238 valence electrons. The van der Waals surface area contributed by atoms with Crippen molar-refractivity contribution in [3.63, 3.8) is 0 Å². The van der Waals surface area contributed by atoms with E-state index in [9.17, 15) is 18.0 Å². The lowest BCUT2D eigenvalue weighted by molar-refractivity contribution is -0.119. The first-order valence-electron chi connectivity index (χ1n) is 15.8. The van der Waals surface area contributed by atoms with E-state index in [-0.39, 0.29) is 22.7 Å². The maximum atomic E-state index is 15.1. The number of sulfone groups is 1. The van der Waals surface area contributed by atoms with Crippen LogP contribution in [0.25, 0.3) is 0 Å². The van der Waals surface area contributed by atoms with Gasteiger partial charge in [-0.2, -0.15) is 0 Å². The molecule has 2 amide bonds. The Morgan fingerprint density at radius 2 is 1.47 bits per heavy atom. The number of benzene rings is 2. The average Bonchev–Trinajstić information content (AvgIpc) is 3.04. The van der Waals surface area contributed by atoms with Gasteiger partial charge in [0.1, 0.15) is 5.82 Å². The highest BCUT2D eigenvalue weighted by atomic mass is 35.5. The van der Waals surface area contributed by atoms with Crippen molar-refractivity contribution in [1.82, 2.24) is 5.32 Å². The second kappa shape index (κ2) is 17.7. The van der Waals surface area contributed by atoms with Crippen LogP contribution in [-0.2, 0) is 21.2 Å². The number of hydrogen-bond donors (Lipinski definition) is 2. The number of nitrogens with zero attached hydrogens (tertiary/aromatic N) is 1. The van der Waals surface area contributed by atoms with Crippen LogP contribution in [0.4, 0.5) is 10.1 Å². The number of carbonyl (C=O) groups is 2. The van der Waals surface area contributed by atoms with Crippen LogP contribution in [0.15, 0.2) is 41.3 Å². The Morgan fingerprint density at radius 3 is 2.02 bits per heavy atom. The molecule has 2 aromatic rings. The van der Waals surface area contributed by atoms with E-state index in [1.54, 1.807) is 24.3 Å². The second-order valence-corrected chi connectivity index (χ2v) is 14.0. The van der Waals surface area contributed by atoms with Gasteiger partial charge in [-0.1, -0.05) is 114 Å². The molecule has 3 rings (SSSR count). The van der Waals surface area contributed by atoms with Crippen LogP contribution in [-0.4, -0.2) is 38.6 Å². The first-order valence-corrected chi connectivity index (χ1v) is 17.8. The minimum Gasteiger partial charge on any atom is -0.352 e. The van der Waals surface area contributed by atoms with Crippen LogP contribution in [0.5, 0.6) is 0 Å². The van der Waals surface area contributed by atoms with E-state index in [0.29, 0.717) is 17.1 Å². The Kier molecular flexibility index (Phi) is 14.4. The fourth-order valence-corrected chi connectivity index (χ4v) is 7.14. The molecule has 0 saturated heterocycles. The quantitative estimate of drug-likeness (QED) is 0.167. The summed E-state index contributed by atoms with van der Waals surface area (Å²) in [5, 5.41) is 3.25. The number of anilines is 1. The predicted octanol–water partition coefficient (Wildman–Crippen LogP) is 7.34. The Balaban J connectivity index is 1.51. The number of amides is 2. The largest absolute Gasteiger partial charge is 0.352 e. The minimum absolute atomic E-state index is 0.0159. The van der Waals surface area contributed by atoms with Crippen molar-refractivity contribution < 1.29 is 22.4 Å². The van der Waals surface area contributed by atoms with Gasteiger partial charge < -0.3 is 16.0 Å². The molecule has 0 spiro atoms. The van der Waals surface area contributed by atoms with E-state index >= 15 is 4.39 Å². The highest BCUT2D eigenvalue weighted by molar-refractivity contribution is 7.91. The van der Waals surface area contributed by atoms with Gasteiger partial charge in [0.2, 0.25) is 5.91 Å². The van der Waals surface area contributed by atoms with E-state index in [2.05, 4.69) is 12.2 Å². The summed E-state index contributed by atoms with van der Waals surface area (Å²) in [4.78, 5) is 27.0. The van der Waals surface area contributed by atoms with Crippen LogP contribution >= 0.6 is 11.6 Å². The van der Waals surface area contributed by atoms with Gasteiger partial charge in [0.15, 0.2) is 9.84 Å². The number of unbranched alkanes of at least 4 members (excludes halogenated alkanes) is 13. The fraction of sp³-hybridized carbons (Fsp3) is 0.576. The molecule has 0 unspecified atom stereocenters. The predicted molar refractivity (Wildman–Crippen MR) is 172 cm³/mol. The molecule has 1 atom stereocenters. The summed E-state index contributed by atoms with van der Waals surface area (Å²) in [6.45, 7) is 2.61. The number of nitrogens with two attached hydrogens (primary N) is 1. The van der Waals surface area contributed by atoms with E-state index < -0.39 is 39.3 Å². The van der Waals surface area contributed by atoms with Gasteiger partial charge in [0, 0.05) is 11.6 Å². The number of halogens is 2. The number of carbonyl (C=O) groups excluding carboxylic acids is 2. The molecule has 7 nitrogen and oxygen atoms in total. The highest BCUT2D eigenvalue weighted by Gasteiger charge is 2.37. The van der Waals surface area contributed by atoms with Crippen molar-refractivity contribution in [2.24, 2.45) is 5.73 Å². The van der Waals surface area contributed by atoms with Gasteiger partial charge in [-0.15, -0.1) is 0 Å². The van der Waals surface area contributed by atoms with Crippen molar-refractivity contribution in [2.75, 3.05) is 17.2 Å². The van der Waals surface area contributed by atoms with Gasteiger partial charge in [-0.05, 0) is 36.2 Å². The van der Waals surface area contributed by atoms with Crippen molar-refractivity contribution in [1.29, 1.82) is 0 Å². The van der Waals surface area contributed by atoms with Crippen LogP contribution in [0.3, 0.4) is 0 Å². The molecule has 3 N–H and O–H groups in total. The molecule has 43 heavy (non-hydrogen) atoms. The number of fused-ring (bicyclic) bond motifs is 1. The summed E-state index contributed by atoms with van der Waals surface area (Å²) >= 11 is 5.98. The Labute approximate surface area is 261 Å². The lowest BCUT2D eigenvalue weighted by atomic mass is 10.0. The Bertz CT molecular complexity index is 1300. The van der Waals surface area contributed by atoms with Gasteiger partial charge in [0.25, 0.3) is 5.91 Å². The SMILES string of the molecule is CCCCCCCCCCCCCCCCNC(=O)c1cc2c(cc1F)S(=O)(=O)C[C@H](N)C(=O)N2Cc1ccc(Cl)cc1. The standard InChI is InChI=1S/C33H47ClFN3O4S/c1-2-3-4-5-6-7-8-9-10-11-12-13-14-15-20-37-32(39)27-21-30-31(22-28(27)35)43(41,42)24-29(36)33(40)38(30)23-25-16-18-26(34)19-17-25/h16-19,21-22,29H,2-15,20,23-24,36H2,1H3,(H,37,39)/t29-/m0/s1. The molecule has 0 radical (unpaired) electrons. The average molecular weight is 636 g/mol. The first-order chi connectivity index (χ1) is 20.6. The van der Waals surface area contributed by atoms with Gasteiger partial charge in [-0.3, -0.25) is 9.59 Å². The Hall–Kier alpha value is -2.49. The van der Waals surface area contributed by atoms with E-state index in [1.165, 1.54) is 69.1 Å². The molecule has 0 bridgehead atoms. The fourth-order valence-electron chi connectivity index (χ4n) is 5.45. The molecule has 1 heterocycles. The summed E-state index contributed by atoms with van der Waals surface area (Å²) in [7, 11) is -4.08. The number of nitrogens with one attached hydrogen (secondary N) is 1. The summed E-state index contributed by atoms with van der Waals surface area (Å²) in [5.41, 5.74) is 6.24. The molecule has 0 aliphatic carbocycles. The van der Waals surface area contributed by atoms with Crippen molar-refractivity contribution in [2.45, 2.75) is 114 Å². The first kappa shape index (κ1) is 35.0. The second-order valence-electron chi connectivity index (χ2n) is 11.6. The number of hydrogen-bond acceptors (Lipinski definition) is 5. The molecule has 0 saturated carbocycles. The molecule has 0 aromatic heterocycles. The van der Waals surface area contributed by atoms with E-state index in [0.717, 1.165) is 37.8 Å². The van der Waals surface area contributed by atoms with Crippen molar-refractivity contribution in [3.05, 3.63) is 58.4 Å². The summed E-state index contributed by atoms with van der Waals surface area (Å²) in [5.74, 6) is -2.90. The number of rotatable bonds is 18. The van der Waals surface area contributed by atoms with Crippen molar-refractivity contribution >= 4 is 38.9 Å². The molecule has 2 aromatic carbocycles. The third kappa shape index (κ3) is 10.9. The maximum absolute atomic E-state index is 15.1. The zero-order valence-corrected chi connectivity index (χ0v) is 27.0. The summed E-state index contributed by atoms with van der Waals surface area (Å²) in [6, 6.07) is 7.35. The van der Waals surface area contributed by atoms with Crippen LogP contribution in [0.2, 0.25) is 5.02 Å². The topological polar surface area (TPSA) is 110 Å². The smallest absolute Gasteiger partial charge is 0.254 e.